The number of aromatic nitrogens is 3. The molecule has 0 bridgehead atoms. The Morgan fingerprint density at radius 2 is 1.53 bits per heavy atom. The number of hydrogen-bond acceptors (Lipinski definition) is 5. The van der Waals surface area contributed by atoms with E-state index in [0.717, 1.165) is 24.4 Å². The van der Waals surface area contributed by atoms with Crippen molar-refractivity contribution < 1.29 is 30.4 Å². The number of benzene rings is 2. The number of aromatic amines is 1. The van der Waals surface area contributed by atoms with Crippen LogP contribution in [0.1, 0.15) is 0 Å². The van der Waals surface area contributed by atoms with Gasteiger partial charge in [0.2, 0.25) is 5.82 Å². The number of anilines is 1. The van der Waals surface area contributed by atoms with Crippen molar-refractivity contribution in [1.82, 2.24) is 14.8 Å². The molecule has 158 valence electrons. The predicted molar refractivity (Wildman–Crippen MR) is 92.5 cm³/mol. The van der Waals surface area contributed by atoms with Gasteiger partial charge in [0.25, 0.3) is 15.6 Å². The fraction of sp³-hybridized carbons (Fsp3) is 0. The van der Waals surface area contributed by atoms with Crippen molar-refractivity contribution in [3.05, 3.63) is 79.3 Å². The standard InChI is InChI=1S/C15H6ClF5N4O4S/c16-6-3-5(25-15(27)23-8(26)4-22-25)1-2-7(6)30(28,29)24-14-12(20)10(18)9(17)11(19)13(14)21/h1-4,24H,(H,23,26,27). The Kier molecular flexibility index (Phi) is 5.38. The van der Waals surface area contributed by atoms with Gasteiger partial charge in [-0.2, -0.15) is 9.78 Å². The average molecular weight is 469 g/mol. The molecule has 1 aromatic heterocycles. The zero-order chi connectivity index (χ0) is 22.4. The van der Waals surface area contributed by atoms with E-state index in [9.17, 15) is 40.0 Å². The van der Waals surface area contributed by atoms with Crippen molar-refractivity contribution >= 4 is 27.3 Å². The number of halogens is 6. The first-order valence-corrected chi connectivity index (χ1v) is 9.33. The largest absolute Gasteiger partial charge is 0.349 e. The smallest absolute Gasteiger partial charge is 0.274 e. The monoisotopic (exact) mass is 468 g/mol. The van der Waals surface area contributed by atoms with Crippen molar-refractivity contribution in [1.29, 1.82) is 0 Å². The van der Waals surface area contributed by atoms with Crippen molar-refractivity contribution in [2.24, 2.45) is 0 Å². The highest BCUT2D eigenvalue weighted by Crippen LogP contribution is 2.31. The van der Waals surface area contributed by atoms with Gasteiger partial charge in [-0.05, 0) is 18.2 Å². The van der Waals surface area contributed by atoms with Gasteiger partial charge >= 0.3 is 5.69 Å². The Hall–Kier alpha value is -3.26. The molecule has 8 nitrogen and oxygen atoms in total. The summed E-state index contributed by atoms with van der Waals surface area (Å²) in [6.07, 6.45) is 0.755. The van der Waals surface area contributed by atoms with E-state index >= 15 is 0 Å². The maximum atomic E-state index is 13.8. The van der Waals surface area contributed by atoms with Gasteiger partial charge in [-0.25, -0.2) is 35.2 Å². The molecule has 3 aromatic rings. The summed E-state index contributed by atoms with van der Waals surface area (Å²) in [5.74, 6) is -12.0. The second-order valence-corrected chi connectivity index (χ2v) is 7.57. The number of nitrogens with zero attached hydrogens (tertiary/aromatic N) is 2. The molecule has 2 N–H and O–H groups in total. The highest BCUT2D eigenvalue weighted by atomic mass is 35.5. The van der Waals surface area contributed by atoms with E-state index in [0.29, 0.717) is 4.68 Å². The van der Waals surface area contributed by atoms with Crippen LogP contribution in [0.4, 0.5) is 27.6 Å². The molecule has 0 spiro atoms. The van der Waals surface area contributed by atoms with Gasteiger partial charge in [-0.1, -0.05) is 11.6 Å². The molecule has 30 heavy (non-hydrogen) atoms. The second-order valence-electron chi connectivity index (χ2n) is 5.52. The van der Waals surface area contributed by atoms with Gasteiger partial charge in [0, 0.05) is 0 Å². The molecular formula is C15H6ClF5N4O4S. The second kappa shape index (κ2) is 7.53. The average Bonchev–Trinajstić information content (AvgIpc) is 2.68. The topological polar surface area (TPSA) is 114 Å². The van der Waals surface area contributed by atoms with Gasteiger partial charge < -0.3 is 0 Å². The molecule has 0 aliphatic carbocycles. The van der Waals surface area contributed by atoms with E-state index in [1.165, 1.54) is 4.72 Å². The molecule has 0 saturated carbocycles. The van der Waals surface area contributed by atoms with Gasteiger partial charge in [0.05, 0.1) is 10.7 Å². The third-order valence-corrected chi connectivity index (χ3v) is 5.44. The minimum atomic E-state index is -4.93. The third kappa shape index (κ3) is 3.66. The van der Waals surface area contributed by atoms with Crippen molar-refractivity contribution in [2.75, 3.05) is 4.72 Å². The van der Waals surface area contributed by atoms with Gasteiger partial charge in [-0.15, -0.1) is 0 Å². The van der Waals surface area contributed by atoms with Crippen molar-refractivity contribution in [3.8, 4) is 5.69 Å². The summed E-state index contributed by atoms with van der Waals surface area (Å²) in [4.78, 5) is 23.8. The summed E-state index contributed by atoms with van der Waals surface area (Å²) in [5.41, 5.74) is -3.68. The number of sulfonamides is 1. The molecule has 0 amide bonds. The summed E-state index contributed by atoms with van der Waals surface area (Å²) < 4.78 is 93.9. The predicted octanol–water partition coefficient (Wildman–Crippen LogP) is 2.07. The van der Waals surface area contributed by atoms with Crippen LogP contribution in [0.5, 0.6) is 0 Å². The van der Waals surface area contributed by atoms with E-state index in [2.05, 4.69) is 5.10 Å². The van der Waals surface area contributed by atoms with Crippen molar-refractivity contribution in [2.45, 2.75) is 4.90 Å². The van der Waals surface area contributed by atoms with Gasteiger partial charge in [0.15, 0.2) is 23.3 Å². The van der Waals surface area contributed by atoms with E-state index in [1.54, 1.807) is 0 Å². The molecule has 2 aromatic carbocycles. The molecule has 0 fully saturated rings. The van der Waals surface area contributed by atoms with E-state index in [1.807, 2.05) is 4.98 Å². The minimum absolute atomic E-state index is 0.101. The zero-order valence-corrected chi connectivity index (χ0v) is 15.6. The van der Waals surface area contributed by atoms with E-state index < -0.39 is 66.0 Å². The maximum absolute atomic E-state index is 13.8. The van der Waals surface area contributed by atoms with Crippen LogP contribution in [0.25, 0.3) is 5.69 Å². The number of H-pyrrole nitrogens is 1. The minimum Gasteiger partial charge on any atom is -0.274 e. The normalized spacial score (nSPS) is 11.5. The van der Waals surface area contributed by atoms with Crippen LogP contribution in [-0.4, -0.2) is 23.2 Å². The Balaban J connectivity index is 2.06. The summed E-state index contributed by atoms with van der Waals surface area (Å²) in [6, 6.07) is 2.68. The molecule has 0 saturated heterocycles. The molecule has 0 aliphatic rings. The van der Waals surface area contributed by atoms with Crippen LogP contribution in [0.3, 0.4) is 0 Å². The lowest BCUT2D eigenvalue weighted by molar-refractivity contribution is 0.382. The van der Waals surface area contributed by atoms with E-state index in [-0.39, 0.29) is 5.69 Å². The maximum Gasteiger partial charge on any atom is 0.349 e. The van der Waals surface area contributed by atoms with Gasteiger partial charge in [0.1, 0.15) is 16.8 Å². The van der Waals surface area contributed by atoms with E-state index in [4.69, 9.17) is 11.6 Å². The first kappa shape index (κ1) is 21.4. The third-order valence-electron chi connectivity index (χ3n) is 3.61. The molecule has 0 atom stereocenters. The quantitative estimate of drug-likeness (QED) is 0.346. The van der Waals surface area contributed by atoms with Crippen LogP contribution >= 0.6 is 11.6 Å². The first-order valence-electron chi connectivity index (χ1n) is 7.47. The fourth-order valence-corrected chi connectivity index (χ4v) is 3.86. The highest BCUT2D eigenvalue weighted by Gasteiger charge is 2.29. The van der Waals surface area contributed by atoms with Crippen LogP contribution < -0.4 is 16.0 Å². The fourth-order valence-electron chi connectivity index (χ4n) is 2.26. The molecular weight excluding hydrogens is 463 g/mol. The van der Waals surface area contributed by atoms with Crippen molar-refractivity contribution in [3.63, 3.8) is 0 Å². The Bertz CT molecular complexity index is 1380. The molecule has 1 heterocycles. The zero-order valence-electron chi connectivity index (χ0n) is 14.0. The summed E-state index contributed by atoms with van der Waals surface area (Å²) in [5, 5.41) is 2.92. The lowest BCUT2D eigenvalue weighted by Crippen LogP contribution is -2.30. The van der Waals surface area contributed by atoms with Crippen LogP contribution in [0.15, 0.2) is 38.9 Å². The number of rotatable bonds is 4. The van der Waals surface area contributed by atoms with Crippen LogP contribution in [0, 0.1) is 29.1 Å². The lowest BCUT2D eigenvalue weighted by Gasteiger charge is -2.13. The SMILES string of the molecule is O=c1cnn(-c2ccc(S(=O)(=O)Nc3c(F)c(F)c(F)c(F)c3F)c(Cl)c2)c(=O)[nH]1. The summed E-state index contributed by atoms with van der Waals surface area (Å²) in [7, 11) is -4.93. The Morgan fingerprint density at radius 3 is 2.07 bits per heavy atom. The highest BCUT2D eigenvalue weighted by molar-refractivity contribution is 7.92. The van der Waals surface area contributed by atoms with Crippen LogP contribution in [-0.2, 0) is 10.0 Å². The molecule has 15 heteroatoms. The molecule has 0 aliphatic heterocycles. The number of nitrogens with one attached hydrogen (secondary N) is 2. The first-order chi connectivity index (χ1) is 13.9. The molecule has 0 unspecified atom stereocenters. The molecule has 3 rings (SSSR count). The summed E-state index contributed by atoms with van der Waals surface area (Å²) >= 11 is 5.85. The Morgan fingerprint density at radius 1 is 0.967 bits per heavy atom. The van der Waals surface area contributed by atoms with Gasteiger partial charge in [-0.3, -0.25) is 14.5 Å². The summed E-state index contributed by atoms with van der Waals surface area (Å²) in [6.45, 7) is 0. The lowest BCUT2D eigenvalue weighted by atomic mass is 10.2. The molecule has 0 radical (unpaired) electrons. The Labute approximate surface area is 167 Å². The number of hydrogen-bond donors (Lipinski definition) is 2. The van der Waals surface area contributed by atoms with Crippen LogP contribution in [0.2, 0.25) is 5.02 Å².